The Morgan fingerprint density at radius 2 is 2.28 bits per heavy atom. The summed E-state index contributed by atoms with van der Waals surface area (Å²) in [4.78, 5) is 15.1. The summed E-state index contributed by atoms with van der Waals surface area (Å²) in [5, 5.41) is 16.1. The first kappa shape index (κ1) is 13.3. The van der Waals surface area contributed by atoms with Gasteiger partial charge in [-0.1, -0.05) is 0 Å². The molecule has 0 spiro atoms. The second kappa shape index (κ2) is 6.72. The van der Waals surface area contributed by atoms with E-state index in [1.54, 1.807) is 0 Å². The molecule has 0 saturated carbocycles. The molecule has 2 heterocycles. The Morgan fingerprint density at radius 1 is 1.44 bits per heavy atom. The van der Waals surface area contributed by atoms with Crippen molar-refractivity contribution in [3.05, 3.63) is 21.9 Å². The molecule has 3 N–H and O–H groups in total. The van der Waals surface area contributed by atoms with E-state index in [9.17, 15) is 4.79 Å². The van der Waals surface area contributed by atoms with Gasteiger partial charge in [0.25, 0.3) is 0 Å². The van der Waals surface area contributed by atoms with Crippen LogP contribution in [0.15, 0.2) is 11.4 Å². The lowest BCUT2D eigenvalue weighted by molar-refractivity contribution is 0.226. The maximum Gasteiger partial charge on any atom is 0.314 e. The Morgan fingerprint density at radius 3 is 3.11 bits per heavy atom. The number of aliphatic hydroxyl groups excluding tert-OH is 1. The molecule has 0 fully saturated rings. The van der Waals surface area contributed by atoms with Crippen LogP contribution in [0.2, 0.25) is 0 Å². The van der Waals surface area contributed by atoms with E-state index in [4.69, 9.17) is 5.11 Å². The number of carbonyl (C=O) groups is 1. The van der Waals surface area contributed by atoms with E-state index in [0.29, 0.717) is 13.1 Å². The average Bonchev–Trinajstić information content (AvgIpc) is 2.83. The Labute approximate surface area is 111 Å². The SMILES string of the molecule is O=C(NCCO)NCCN1CCc2sccc2C1. The molecule has 2 amide bonds. The molecule has 1 aromatic heterocycles. The van der Waals surface area contributed by atoms with Crippen molar-refractivity contribution in [1.29, 1.82) is 0 Å². The molecular weight excluding hydrogens is 250 g/mol. The second-order valence-corrected chi connectivity index (χ2v) is 5.30. The minimum absolute atomic E-state index is 0.0273. The van der Waals surface area contributed by atoms with Crippen LogP contribution in [-0.4, -0.2) is 48.8 Å². The zero-order valence-corrected chi connectivity index (χ0v) is 11.1. The highest BCUT2D eigenvalue weighted by Gasteiger charge is 2.16. The molecule has 100 valence electrons. The fourth-order valence-corrected chi connectivity index (χ4v) is 2.95. The second-order valence-electron chi connectivity index (χ2n) is 4.30. The van der Waals surface area contributed by atoms with E-state index in [0.717, 1.165) is 26.1 Å². The lowest BCUT2D eigenvalue weighted by Gasteiger charge is -2.26. The Hall–Kier alpha value is -1.11. The molecule has 1 aliphatic rings. The number of hydrogen-bond donors (Lipinski definition) is 3. The van der Waals surface area contributed by atoms with Gasteiger partial charge in [0.05, 0.1) is 6.61 Å². The van der Waals surface area contributed by atoms with Gasteiger partial charge in [0, 0.05) is 37.6 Å². The lowest BCUT2D eigenvalue weighted by Crippen LogP contribution is -2.42. The molecule has 0 unspecified atom stereocenters. The minimum atomic E-state index is -0.211. The summed E-state index contributed by atoms with van der Waals surface area (Å²) in [5.74, 6) is 0. The van der Waals surface area contributed by atoms with E-state index in [1.807, 2.05) is 11.3 Å². The van der Waals surface area contributed by atoms with Gasteiger partial charge in [-0.15, -0.1) is 11.3 Å². The first-order valence-corrected chi connectivity index (χ1v) is 7.07. The number of aliphatic hydroxyl groups is 1. The molecule has 0 radical (unpaired) electrons. The Bertz CT molecular complexity index is 394. The Kier molecular flexibility index (Phi) is 4.98. The van der Waals surface area contributed by atoms with Crippen LogP contribution in [0.5, 0.6) is 0 Å². The first-order valence-electron chi connectivity index (χ1n) is 6.20. The summed E-state index contributed by atoms with van der Waals surface area (Å²) in [6.45, 7) is 3.82. The highest BCUT2D eigenvalue weighted by molar-refractivity contribution is 7.10. The fraction of sp³-hybridized carbons (Fsp3) is 0.583. The van der Waals surface area contributed by atoms with Crippen LogP contribution < -0.4 is 10.6 Å². The zero-order chi connectivity index (χ0) is 12.8. The van der Waals surface area contributed by atoms with Crippen molar-refractivity contribution in [2.75, 3.05) is 32.8 Å². The van der Waals surface area contributed by atoms with Crippen molar-refractivity contribution in [2.45, 2.75) is 13.0 Å². The number of nitrogens with zero attached hydrogens (tertiary/aromatic N) is 1. The van der Waals surface area contributed by atoms with Crippen molar-refractivity contribution >= 4 is 17.4 Å². The number of fused-ring (bicyclic) bond motifs is 1. The maximum absolute atomic E-state index is 11.3. The molecular formula is C12H19N3O2S. The van der Waals surface area contributed by atoms with Crippen molar-refractivity contribution < 1.29 is 9.90 Å². The Balaban J connectivity index is 1.65. The van der Waals surface area contributed by atoms with Crippen molar-refractivity contribution in [3.63, 3.8) is 0 Å². The van der Waals surface area contributed by atoms with Crippen LogP contribution in [0.25, 0.3) is 0 Å². The van der Waals surface area contributed by atoms with Crippen molar-refractivity contribution in [2.24, 2.45) is 0 Å². The van der Waals surface area contributed by atoms with Gasteiger partial charge in [-0.3, -0.25) is 4.90 Å². The number of amides is 2. The summed E-state index contributed by atoms with van der Waals surface area (Å²) >= 11 is 1.84. The van der Waals surface area contributed by atoms with Crippen LogP contribution in [0.1, 0.15) is 10.4 Å². The van der Waals surface area contributed by atoms with Gasteiger partial charge in [-0.25, -0.2) is 4.79 Å². The van der Waals surface area contributed by atoms with Crippen LogP contribution in [0.4, 0.5) is 4.79 Å². The summed E-state index contributed by atoms with van der Waals surface area (Å²) in [6, 6.07) is 1.98. The number of rotatable bonds is 5. The van der Waals surface area contributed by atoms with Gasteiger partial charge in [0.15, 0.2) is 0 Å². The van der Waals surface area contributed by atoms with Gasteiger partial charge >= 0.3 is 6.03 Å². The van der Waals surface area contributed by atoms with Crippen LogP contribution in [0.3, 0.4) is 0 Å². The molecule has 1 aliphatic heterocycles. The molecule has 2 rings (SSSR count). The first-order chi connectivity index (χ1) is 8.79. The number of carbonyl (C=O) groups excluding carboxylic acids is 1. The fourth-order valence-electron chi connectivity index (χ4n) is 2.06. The molecule has 0 aliphatic carbocycles. The van der Waals surface area contributed by atoms with Crippen LogP contribution >= 0.6 is 11.3 Å². The lowest BCUT2D eigenvalue weighted by atomic mass is 10.1. The number of thiophene rings is 1. The van der Waals surface area contributed by atoms with Gasteiger partial charge in [-0.2, -0.15) is 0 Å². The summed E-state index contributed by atoms with van der Waals surface area (Å²) in [5.41, 5.74) is 1.43. The van der Waals surface area contributed by atoms with E-state index in [2.05, 4.69) is 27.0 Å². The normalized spacial score (nSPS) is 15.2. The summed E-state index contributed by atoms with van der Waals surface area (Å²) < 4.78 is 0. The van der Waals surface area contributed by atoms with E-state index >= 15 is 0 Å². The van der Waals surface area contributed by atoms with E-state index < -0.39 is 0 Å². The smallest absolute Gasteiger partial charge is 0.314 e. The quantitative estimate of drug-likeness (QED) is 0.725. The molecule has 18 heavy (non-hydrogen) atoms. The van der Waals surface area contributed by atoms with Gasteiger partial charge in [0.1, 0.15) is 0 Å². The maximum atomic E-state index is 11.3. The predicted octanol–water partition coefficient (Wildman–Crippen LogP) is 0.398. The van der Waals surface area contributed by atoms with Gasteiger partial charge in [0.2, 0.25) is 0 Å². The van der Waals surface area contributed by atoms with Crippen molar-refractivity contribution in [3.8, 4) is 0 Å². The van der Waals surface area contributed by atoms with Crippen LogP contribution in [0, 0.1) is 0 Å². The molecule has 0 atom stereocenters. The van der Waals surface area contributed by atoms with Crippen LogP contribution in [-0.2, 0) is 13.0 Å². The monoisotopic (exact) mass is 269 g/mol. The number of hydrogen-bond acceptors (Lipinski definition) is 4. The average molecular weight is 269 g/mol. The summed E-state index contributed by atoms with van der Waals surface area (Å²) in [7, 11) is 0. The van der Waals surface area contributed by atoms with E-state index in [-0.39, 0.29) is 12.6 Å². The third-order valence-corrected chi connectivity index (χ3v) is 4.02. The zero-order valence-electron chi connectivity index (χ0n) is 10.3. The minimum Gasteiger partial charge on any atom is -0.395 e. The molecule has 0 saturated heterocycles. The predicted molar refractivity (Wildman–Crippen MR) is 71.8 cm³/mol. The molecule has 6 heteroatoms. The van der Waals surface area contributed by atoms with Gasteiger partial charge in [-0.05, 0) is 23.4 Å². The number of nitrogens with one attached hydrogen (secondary N) is 2. The third kappa shape index (κ3) is 3.69. The largest absolute Gasteiger partial charge is 0.395 e. The highest BCUT2D eigenvalue weighted by Crippen LogP contribution is 2.23. The van der Waals surface area contributed by atoms with Gasteiger partial charge < -0.3 is 15.7 Å². The molecule has 1 aromatic rings. The molecule has 0 bridgehead atoms. The highest BCUT2D eigenvalue weighted by atomic mass is 32.1. The third-order valence-electron chi connectivity index (χ3n) is 3.00. The van der Waals surface area contributed by atoms with Crippen molar-refractivity contribution in [1.82, 2.24) is 15.5 Å². The molecule has 0 aromatic carbocycles. The topological polar surface area (TPSA) is 64.6 Å². The van der Waals surface area contributed by atoms with E-state index in [1.165, 1.54) is 10.4 Å². The summed E-state index contributed by atoms with van der Waals surface area (Å²) in [6.07, 6.45) is 1.11. The standard InChI is InChI=1S/C12H19N3O2S/c16-7-4-14-12(17)13-3-6-15-5-1-11-10(9-15)2-8-18-11/h2,8,16H,1,3-7,9H2,(H2,13,14,17). The number of urea groups is 1. The molecule has 5 nitrogen and oxygen atoms in total.